The Bertz CT molecular complexity index is 1250. The quantitative estimate of drug-likeness (QED) is 0.0281. The number of likely N-dealkylation sites (N-methyl/N-ethyl adjacent to an activating group) is 1. The fraction of sp³-hybridized carbons (Fsp3) is 0.817. The minimum Gasteiger partial charge on any atom is -0.477 e. The molecule has 0 rings (SSSR count). The molecule has 0 bridgehead atoms. The first-order chi connectivity index (χ1) is 33.1. The Morgan fingerprint density at radius 2 is 0.779 bits per heavy atom. The predicted molar refractivity (Wildman–Crippen MR) is 289 cm³/mol. The molecule has 68 heavy (non-hydrogen) atoms. The molecule has 0 aromatic carbocycles. The Morgan fingerprint density at radius 3 is 1.13 bits per heavy atom. The molecular weight excluding hydrogens is 847 g/mol. The summed E-state index contributed by atoms with van der Waals surface area (Å²) in [4.78, 5) is 37.3. The van der Waals surface area contributed by atoms with Crippen LogP contribution in [0.15, 0.2) is 48.6 Å². The lowest BCUT2D eigenvalue weighted by Crippen LogP contribution is -2.50. The topological polar surface area (TPSA) is 99.1 Å². The van der Waals surface area contributed by atoms with E-state index in [1.807, 2.05) is 21.1 Å². The number of ether oxygens (including phenoxy) is 3. The fourth-order valence-corrected chi connectivity index (χ4v) is 8.51. The van der Waals surface area contributed by atoms with Crippen LogP contribution in [0.25, 0.3) is 0 Å². The third-order valence-electron chi connectivity index (χ3n) is 13.0. The van der Waals surface area contributed by atoms with E-state index >= 15 is 0 Å². The first-order valence-electron chi connectivity index (χ1n) is 28.7. The molecule has 8 nitrogen and oxygen atoms in total. The van der Waals surface area contributed by atoms with Crippen LogP contribution in [0.1, 0.15) is 264 Å². The molecule has 396 valence electrons. The van der Waals surface area contributed by atoms with Crippen molar-refractivity contribution in [1.29, 1.82) is 0 Å². The molecule has 1 N–H and O–H groups in total. The molecule has 0 aliphatic rings. The van der Waals surface area contributed by atoms with Crippen molar-refractivity contribution in [2.24, 2.45) is 0 Å². The van der Waals surface area contributed by atoms with E-state index in [0.717, 1.165) is 51.4 Å². The number of rotatable bonds is 52. The van der Waals surface area contributed by atoms with Crippen LogP contribution in [0, 0.1) is 0 Å². The van der Waals surface area contributed by atoms with E-state index in [-0.39, 0.29) is 36.2 Å². The van der Waals surface area contributed by atoms with Gasteiger partial charge >= 0.3 is 17.9 Å². The van der Waals surface area contributed by atoms with Crippen LogP contribution >= 0.6 is 0 Å². The van der Waals surface area contributed by atoms with E-state index in [9.17, 15) is 19.5 Å². The SMILES string of the molecule is CCCCCCC/C=C\C/C=C\CCCCCCCCCCCCCC(=O)OC(COCCC(C(=O)O)[N+](C)(C)C)COC(=O)CCCCCCCCCCC/C=C\C/C=C\CCCCCCC. The Labute approximate surface area is 420 Å². The van der Waals surface area contributed by atoms with Gasteiger partial charge in [-0.25, -0.2) is 4.79 Å². The monoisotopic (exact) mass is 957 g/mol. The summed E-state index contributed by atoms with van der Waals surface area (Å²) in [6.07, 6.45) is 63.1. The van der Waals surface area contributed by atoms with Crippen LogP contribution in [0.3, 0.4) is 0 Å². The number of allylic oxidation sites excluding steroid dienone is 8. The minimum atomic E-state index is -0.874. The summed E-state index contributed by atoms with van der Waals surface area (Å²) >= 11 is 0. The fourth-order valence-electron chi connectivity index (χ4n) is 8.51. The van der Waals surface area contributed by atoms with Crippen LogP contribution in [-0.2, 0) is 28.6 Å². The molecule has 0 saturated heterocycles. The normalized spacial score (nSPS) is 13.1. The van der Waals surface area contributed by atoms with E-state index in [4.69, 9.17) is 14.2 Å². The van der Waals surface area contributed by atoms with Crippen LogP contribution in [0.4, 0.5) is 0 Å². The number of carboxylic acids is 1. The summed E-state index contributed by atoms with van der Waals surface area (Å²) in [5, 5.41) is 9.68. The molecule has 0 amide bonds. The van der Waals surface area contributed by atoms with Crippen LogP contribution < -0.4 is 0 Å². The van der Waals surface area contributed by atoms with Gasteiger partial charge in [-0.1, -0.05) is 217 Å². The van der Waals surface area contributed by atoms with Gasteiger partial charge in [-0.3, -0.25) is 9.59 Å². The van der Waals surface area contributed by atoms with Crippen LogP contribution in [-0.4, -0.2) is 80.6 Å². The zero-order chi connectivity index (χ0) is 49.9. The maximum Gasteiger partial charge on any atom is 0.362 e. The summed E-state index contributed by atoms with van der Waals surface area (Å²) in [5.74, 6) is -1.46. The highest BCUT2D eigenvalue weighted by atomic mass is 16.6. The largest absolute Gasteiger partial charge is 0.477 e. The Morgan fingerprint density at radius 1 is 0.441 bits per heavy atom. The zero-order valence-corrected chi connectivity index (χ0v) is 45.3. The summed E-state index contributed by atoms with van der Waals surface area (Å²) in [6, 6.07) is -0.617. The molecule has 0 aromatic heterocycles. The summed E-state index contributed by atoms with van der Waals surface area (Å²) in [7, 11) is 5.54. The number of quaternary nitrogens is 1. The highest BCUT2D eigenvalue weighted by Crippen LogP contribution is 2.16. The van der Waals surface area contributed by atoms with E-state index < -0.39 is 18.1 Å². The number of aliphatic carboxylic acids is 1. The number of carbonyl (C=O) groups is 3. The molecule has 2 unspecified atom stereocenters. The minimum absolute atomic E-state index is 0.0530. The average molecular weight is 958 g/mol. The van der Waals surface area contributed by atoms with Crippen molar-refractivity contribution in [2.45, 2.75) is 276 Å². The smallest absolute Gasteiger partial charge is 0.362 e. The first kappa shape index (κ1) is 65.3. The van der Waals surface area contributed by atoms with Crippen LogP contribution in [0.5, 0.6) is 0 Å². The van der Waals surface area contributed by atoms with Gasteiger partial charge < -0.3 is 23.8 Å². The average Bonchev–Trinajstić information content (AvgIpc) is 3.30. The molecule has 2 atom stereocenters. The molecule has 0 heterocycles. The Balaban J connectivity index is 4.18. The van der Waals surface area contributed by atoms with Crippen molar-refractivity contribution >= 4 is 17.9 Å². The van der Waals surface area contributed by atoms with Gasteiger partial charge in [0, 0.05) is 19.3 Å². The van der Waals surface area contributed by atoms with Crippen LogP contribution in [0.2, 0.25) is 0 Å². The van der Waals surface area contributed by atoms with E-state index in [1.165, 1.54) is 180 Å². The third kappa shape index (κ3) is 48.3. The lowest BCUT2D eigenvalue weighted by molar-refractivity contribution is -0.887. The van der Waals surface area contributed by atoms with Gasteiger partial charge in [0.05, 0.1) is 34.4 Å². The lowest BCUT2D eigenvalue weighted by atomic mass is 10.0. The molecule has 0 aliphatic heterocycles. The molecule has 0 saturated carbocycles. The first-order valence-corrected chi connectivity index (χ1v) is 28.7. The van der Waals surface area contributed by atoms with Crippen molar-refractivity contribution in [1.82, 2.24) is 0 Å². The molecule has 0 spiro atoms. The maximum atomic E-state index is 12.8. The third-order valence-corrected chi connectivity index (χ3v) is 13.0. The number of esters is 2. The maximum absolute atomic E-state index is 12.8. The number of carbonyl (C=O) groups excluding carboxylic acids is 2. The van der Waals surface area contributed by atoms with E-state index in [2.05, 4.69) is 62.5 Å². The van der Waals surface area contributed by atoms with Gasteiger partial charge in [0.2, 0.25) is 0 Å². The Kier molecular flexibility index (Phi) is 48.7. The van der Waals surface area contributed by atoms with Gasteiger partial charge in [0.25, 0.3) is 0 Å². The van der Waals surface area contributed by atoms with Crippen molar-refractivity contribution in [3.8, 4) is 0 Å². The molecule has 8 heteroatoms. The molecular formula is C60H110NO7+. The van der Waals surface area contributed by atoms with Crippen molar-refractivity contribution in [3.05, 3.63) is 48.6 Å². The van der Waals surface area contributed by atoms with Gasteiger partial charge in [-0.15, -0.1) is 0 Å². The van der Waals surface area contributed by atoms with Crippen molar-refractivity contribution in [2.75, 3.05) is 41.0 Å². The zero-order valence-electron chi connectivity index (χ0n) is 45.3. The van der Waals surface area contributed by atoms with Gasteiger partial charge in [0.1, 0.15) is 6.61 Å². The van der Waals surface area contributed by atoms with Gasteiger partial charge in [-0.2, -0.15) is 0 Å². The molecule has 0 aromatic rings. The molecule has 0 fully saturated rings. The second kappa shape index (κ2) is 50.7. The highest BCUT2D eigenvalue weighted by molar-refractivity contribution is 5.72. The number of hydrogen-bond donors (Lipinski definition) is 1. The summed E-state index contributed by atoms with van der Waals surface area (Å²) in [6.45, 7) is 4.75. The number of carboxylic acid groups (broad SMARTS) is 1. The van der Waals surface area contributed by atoms with E-state index in [0.29, 0.717) is 19.3 Å². The second-order valence-electron chi connectivity index (χ2n) is 20.5. The standard InChI is InChI=1S/C60H109NO7/c1-6-8-10-12-14-16-18-20-22-24-26-28-29-31-33-35-37-39-41-43-45-47-49-51-59(63)68-56(54-66-53-52-57(60(64)65)61(3,4)5)55-67-58(62)50-48-46-44-42-40-38-36-34-32-30-27-25-23-21-19-17-15-13-11-9-7-2/h18-21,24-27,56-57H,6-17,22-23,28-55H2,1-5H3/p+1/b20-18-,21-19-,26-24-,27-25-. The van der Waals surface area contributed by atoms with E-state index in [1.54, 1.807) is 0 Å². The van der Waals surface area contributed by atoms with Gasteiger partial charge in [-0.05, 0) is 77.0 Å². The molecule has 0 aliphatic carbocycles. The number of hydrogen-bond acceptors (Lipinski definition) is 6. The summed E-state index contributed by atoms with van der Waals surface area (Å²) < 4.78 is 17.4. The Hall–Kier alpha value is -2.71. The predicted octanol–water partition coefficient (Wildman–Crippen LogP) is 17.1. The summed E-state index contributed by atoms with van der Waals surface area (Å²) in [5.41, 5.74) is 0. The van der Waals surface area contributed by atoms with Crippen molar-refractivity contribution < 1.29 is 38.2 Å². The second-order valence-corrected chi connectivity index (χ2v) is 20.5. The highest BCUT2D eigenvalue weighted by Gasteiger charge is 2.31. The number of nitrogens with zero attached hydrogens (tertiary/aromatic N) is 1. The lowest BCUT2D eigenvalue weighted by Gasteiger charge is -2.31. The van der Waals surface area contributed by atoms with Gasteiger partial charge in [0.15, 0.2) is 12.1 Å². The number of unbranched alkanes of at least 4 members (excludes halogenated alkanes) is 30. The molecule has 0 radical (unpaired) electrons. The van der Waals surface area contributed by atoms with Crippen molar-refractivity contribution in [3.63, 3.8) is 0 Å².